The standard InChI is InChI=1S/C20H37N3Si/c1-8-19-15-17-20(18-16-19)24(21(9-2)10-3,22(11-4)12-5)23(13-6)14-7/h8,15-18H,1,9-14H2,2-7H3. The maximum absolute atomic E-state index is 3.91. The van der Waals surface area contributed by atoms with Crippen molar-refractivity contribution in [2.75, 3.05) is 39.3 Å². The van der Waals surface area contributed by atoms with Crippen LogP contribution in [-0.4, -0.2) is 61.5 Å². The highest BCUT2D eigenvalue weighted by molar-refractivity contribution is 6.84. The Kier molecular flexibility index (Phi) is 8.91. The maximum atomic E-state index is 3.91. The van der Waals surface area contributed by atoms with Crippen molar-refractivity contribution < 1.29 is 0 Å². The number of rotatable bonds is 11. The molecule has 0 saturated heterocycles. The van der Waals surface area contributed by atoms with Crippen molar-refractivity contribution in [2.24, 2.45) is 0 Å². The van der Waals surface area contributed by atoms with E-state index in [0.29, 0.717) is 0 Å². The van der Waals surface area contributed by atoms with E-state index in [2.05, 4.69) is 86.1 Å². The quantitative estimate of drug-likeness (QED) is 0.567. The summed E-state index contributed by atoms with van der Waals surface area (Å²) in [6, 6.07) is 9.14. The van der Waals surface area contributed by atoms with E-state index in [9.17, 15) is 0 Å². The zero-order valence-electron chi connectivity index (χ0n) is 16.7. The van der Waals surface area contributed by atoms with Crippen LogP contribution in [0.4, 0.5) is 0 Å². The first kappa shape index (κ1) is 21.1. The lowest BCUT2D eigenvalue weighted by molar-refractivity contribution is 0.276. The molecule has 0 fully saturated rings. The van der Waals surface area contributed by atoms with Gasteiger partial charge in [-0.15, -0.1) is 0 Å². The van der Waals surface area contributed by atoms with Gasteiger partial charge in [0.15, 0.2) is 0 Å². The van der Waals surface area contributed by atoms with E-state index in [1.165, 1.54) is 10.8 Å². The molecule has 0 saturated carbocycles. The van der Waals surface area contributed by atoms with Crippen molar-refractivity contribution in [3.8, 4) is 0 Å². The molecule has 0 heterocycles. The normalized spacial score (nSPS) is 12.4. The molecule has 24 heavy (non-hydrogen) atoms. The highest BCUT2D eigenvalue weighted by Gasteiger charge is 2.50. The molecule has 0 N–H and O–H groups in total. The molecule has 1 aromatic carbocycles. The first-order valence-electron chi connectivity index (χ1n) is 9.58. The third-order valence-corrected chi connectivity index (χ3v) is 10.8. The van der Waals surface area contributed by atoms with Crippen molar-refractivity contribution in [1.29, 1.82) is 0 Å². The maximum Gasteiger partial charge on any atom is 0.323 e. The van der Waals surface area contributed by atoms with Crippen molar-refractivity contribution in [3.05, 3.63) is 36.4 Å². The van der Waals surface area contributed by atoms with E-state index in [1.807, 2.05) is 6.08 Å². The Hall–Kier alpha value is -0.943. The lowest BCUT2D eigenvalue weighted by Crippen LogP contribution is -2.81. The van der Waals surface area contributed by atoms with Crippen LogP contribution in [0.1, 0.15) is 47.1 Å². The number of hydrogen-bond donors (Lipinski definition) is 0. The van der Waals surface area contributed by atoms with E-state index in [1.54, 1.807) is 0 Å². The molecule has 0 bridgehead atoms. The summed E-state index contributed by atoms with van der Waals surface area (Å²) in [6.45, 7) is 24.2. The van der Waals surface area contributed by atoms with Crippen LogP contribution in [0.25, 0.3) is 6.08 Å². The predicted molar refractivity (Wildman–Crippen MR) is 111 cm³/mol. The van der Waals surface area contributed by atoms with E-state index >= 15 is 0 Å². The fraction of sp³-hybridized carbons (Fsp3) is 0.600. The van der Waals surface area contributed by atoms with Gasteiger partial charge < -0.3 is 0 Å². The summed E-state index contributed by atoms with van der Waals surface area (Å²) in [6.07, 6.45) is 1.93. The van der Waals surface area contributed by atoms with E-state index < -0.39 is 8.56 Å². The van der Waals surface area contributed by atoms with Crippen LogP contribution >= 0.6 is 0 Å². The van der Waals surface area contributed by atoms with Crippen LogP contribution in [0.2, 0.25) is 0 Å². The SMILES string of the molecule is C=Cc1ccc([Si](N(CC)CC)(N(CC)CC)N(CC)CC)cc1. The third-order valence-electron chi connectivity index (χ3n) is 5.15. The molecule has 3 nitrogen and oxygen atoms in total. The van der Waals surface area contributed by atoms with Gasteiger partial charge in [0.1, 0.15) is 0 Å². The van der Waals surface area contributed by atoms with E-state index in [-0.39, 0.29) is 0 Å². The molecule has 0 spiro atoms. The van der Waals surface area contributed by atoms with Crippen molar-refractivity contribution in [1.82, 2.24) is 13.7 Å². The Morgan fingerprint density at radius 3 is 1.29 bits per heavy atom. The van der Waals surface area contributed by atoms with Gasteiger partial charge in [0, 0.05) is 0 Å². The fourth-order valence-electron chi connectivity index (χ4n) is 3.98. The van der Waals surface area contributed by atoms with Crippen LogP contribution in [-0.2, 0) is 0 Å². The minimum absolute atomic E-state index is 1.08. The van der Waals surface area contributed by atoms with E-state index in [0.717, 1.165) is 39.3 Å². The Balaban J connectivity index is 3.67. The summed E-state index contributed by atoms with van der Waals surface area (Å²) < 4.78 is 8.20. The second kappa shape index (κ2) is 10.1. The van der Waals surface area contributed by atoms with Gasteiger partial charge in [0.05, 0.1) is 0 Å². The molecule has 0 atom stereocenters. The molecular weight excluding hydrogens is 310 g/mol. The summed E-state index contributed by atoms with van der Waals surface area (Å²) in [7, 11) is -2.13. The van der Waals surface area contributed by atoms with Crippen LogP contribution in [0.3, 0.4) is 0 Å². The van der Waals surface area contributed by atoms with Crippen LogP contribution in [0.5, 0.6) is 0 Å². The van der Waals surface area contributed by atoms with Gasteiger partial charge in [0.2, 0.25) is 0 Å². The zero-order chi connectivity index (χ0) is 18.2. The fourth-order valence-corrected chi connectivity index (χ4v) is 9.54. The summed E-state index contributed by atoms with van der Waals surface area (Å²) in [4.78, 5) is 0. The smallest absolute Gasteiger partial charge is 0.296 e. The third kappa shape index (κ3) is 3.83. The molecule has 136 valence electrons. The molecule has 0 amide bonds. The van der Waals surface area contributed by atoms with Crippen LogP contribution < -0.4 is 5.19 Å². The Labute approximate surface area is 151 Å². The molecule has 0 aliphatic heterocycles. The summed E-state index contributed by atoms with van der Waals surface area (Å²) in [5, 5.41) is 1.49. The van der Waals surface area contributed by atoms with Crippen LogP contribution in [0.15, 0.2) is 30.8 Å². The first-order chi connectivity index (χ1) is 11.6. The lowest BCUT2D eigenvalue weighted by atomic mass is 10.2. The minimum Gasteiger partial charge on any atom is -0.296 e. The number of benzene rings is 1. The molecular formula is C20H37N3Si. The summed E-state index contributed by atoms with van der Waals surface area (Å²) in [5.41, 5.74) is 1.19. The molecule has 1 aromatic rings. The van der Waals surface area contributed by atoms with Gasteiger partial charge >= 0.3 is 8.56 Å². The van der Waals surface area contributed by atoms with Gasteiger partial charge in [-0.25, -0.2) is 0 Å². The molecule has 0 aliphatic carbocycles. The second-order valence-electron chi connectivity index (χ2n) is 5.98. The van der Waals surface area contributed by atoms with Crippen molar-refractivity contribution in [3.63, 3.8) is 0 Å². The topological polar surface area (TPSA) is 9.72 Å². The zero-order valence-corrected chi connectivity index (χ0v) is 17.7. The highest BCUT2D eigenvalue weighted by Crippen LogP contribution is 2.21. The monoisotopic (exact) mass is 347 g/mol. The Morgan fingerprint density at radius 2 is 1.04 bits per heavy atom. The van der Waals surface area contributed by atoms with Crippen molar-refractivity contribution >= 4 is 19.8 Å². The number of nitrogens with zero attached hydrogens (tertiary/aromatic N) is 3. The summed E-state index contributed by atoms with van der Waals surface area (Å²) in [5.74, 6) is 0. The first-order valence-corrected chi connectivity index (χ1v) is 11.4. The van der Waals surface area contributed by atoms with Gasteiger partial charge in [-0.3, -0.25) is 13.7 Å². The van der Waals surface area contributed by atoms with Gasteiger partial charge in [0.25, 0.3) is 0 Å². The highest BCUT2D eigenvalue weighted by atomic mass is 28.4. The molecule has 0 aromatic heterocycles. The average Bonchev–Trinajstić information content (AvgIpc) is 2.64. The lowest BCUT2D eigenvalue weighted by Gasteiger charge is -2.53. The number of hydrogen-bond acceptors (Lipinski definition) is 3. The molecule has 0 aliphatic rings. The molecule has 4 heteroatoms. The van der Waals surface area contributed by atoms with Gasteiger partial charge in [-0.05, 0) is 50.0 Å². The minimum atomic E-state index is -2.13. The predicted octanol–water partition coefficient (Wildman–Crippen LogP) is 3.50. The Bertz CT molecular complexity index is 443. The van der Waals surface area contributed by atoms with E-state index in [4.69, 9.17) is 0 Å². The van der Waals surface area contributed by atoms with Crippen LogP contribution in [0, 0.1) is 0 Å². The second-order valence-corrected chi connectivity index (χ2v) is 9.72. The molecule has 0 radical (unpaired) electrons. The molecule has 1 rings (SSSR count). The molecule has 0 unspecified atom stereocenters. The van der Waals surface area contributed by atoms with Crippen molar-refractivity contribution in [2.45, 2.75) is 41.5 Å². The van der Waals surface area contributed by atoms with Gasteiger partial charge in [-0.2, -0.15) is 0 Å². The Morgan fingerprint density at radius 1 is 0.708 bits per heavy atom. The average molecular weight is 348 g/mol. The summed E-state index contributed by atoms with van der Waals surface area (Å²) >= 11 is 0. The largest absolute Gasteiger partial charge is 0.323 e. The van der Waals surface area contributed by atoms with Gasteiger partial charge in [-0.1, -0.05) is 78.5 Å².